The first-order valence-electron chi connectivity index (χ1n) is 16.1. The van der Waals surface area contributed by atoms with Gasteiger partial charge in [-0.2, -0.15) is 22.6 Å². The minimum absolute atomic E-state index is 0.00337. The molecule has 0 saturated carbocycles. The second kappa shape index (κ2) is 14.4. The summed E-state index contributed by atoms with van der Waals surface area (Å²) in [7, 11) is -3.57. The third kappa shape index (κ3) is 8.71. The second-order valence-corrected chi connectivity index (χ2v) is 15.9. The predicted octanol–water partition coefficient (Wildman–Crippen LogP) is 3.29. The SMILES string of the molecule is CS(=O)(=O)N1CCc2c(c(-c3ccc(C(F)(F)F)c(SCCN4CCC(F)(F)C4)c3)nn2CC(O)CN2CCN(c3cnccn3)CC2)C1. The van der Waals surface area contributed by atoms with Crippen molar-refractivity contribution in [2.24, 2.45) is 0 Å². The number of fused-ring (bicyclic) bond motifs is 1. The number of aliphatic hydroxyl groups is 1. The Morgan fingerprint density at radius 1 is 1.04 bits per heavy atom. The summed E-state index contributed by atoms with van der Waals surface area (Å²) < 4.78 is 97.4. The van der Waals surface area contributed by atoms with E-state index in [1.165, 1.54) is 16.4 Å². The van der Waals surface area contributed by atoms with Gasteiger partial charge in [0, 0.05) is 112 Å². The van der Waals surface area contributed by atoms with E-state index in [1.807, 2.05) is 0 Å². The lowest BCUT2D eigenvalue weighted by Gasteiger charge is -2.36. The molecule has 3 aromatic rings. The van der Waals surface area contributed by atoms with E-state index < -0.39 is 40.3 Å². The van der Waals surface area contributed by atoms with Gasteiger partial charge in [-0.05, 0) is 12.1 Å². The molecule has 18 heteroatoms. The maximum absolute atomic E-state index is 14.1. The van der Waals surface area contributed by atoms with Gasteiger partial charge in [0.05, 0.1) is 42.9 Å². The van der Waals surface area contributed by atoms with E-state index in [-0.39, 0.29) is 49.8 Å². The molecule has 0 spiro atoms. The Morgan fingerprint density at radius 3 is 2.47 bits per heavy atom. The number of hydrogen-bond acceptors (Lipinski definition) is 10. The number of benzene rings is 1. The maximum atomic E-state index is 14.1. The standard InChI is InChI=1S/C31H39F5N8O3S2/c1-49(46,47)43-8-4-26-24(20-43)29(39-44(26)19-23(45)18-40-10-12-42(13-11-40)28-17-37-6-7-38-28)22-2-3-25(31(34,35)36)27(16-22)48-15-14-41-9-5-30(32,33)21-41/h2-3,6-7,16-17,23,45H,4-5,8-15,18-21H2,1H3. The van der Waals surface area contributed by atoms with Gasteiger partial charge in [-0.15, -0.1) is 11.8 Å². The number of β-amino-alcohol motifs (C(OH)–C–C–N with tert-alkyl or cyclic N) is 1. The van der Waals surface area contributed by atoms with Crippen LogP contribution in [0.15, 0.2) is 41.7 Å². The molecule has 0 radical (unpaired) electrons. The van der Waals surface area contributed by atoms with Crippen molar-refractivity contribution in [2.75, 3.05) is 75.8 Å². The molecule has 1 N–H and O–H groups in total. The number of anilines is 1. The van der Waals surface area contributed by atoms with Gasteiger partial charge in [-0.3, -0.25) is 19.5 Å². The number of alkyl halides is 5. The van der Waals surface area contributed by atoms with Gasteiger partial charge in [-0.1, -0.05) is 6.07 Å². The first-order valence-corrected chi connectivity index (χ1v) is 18.9. The smallest absolute Gasteiger partial charge is 0.390 e. The van der Waals surface area contributed by atoms with Crippen LogP contribution in [0.5, 0.6) is 0 Å². The summed E-state index contributed by atoms with van der Waals surface area (Å²) in [6.45, 7) is 3.51. The van der Waals surface area contributed by atoms with E-state index in [4.69, 9.17) is 5.10 Å². The highest BCUT2D eigenvalue weighted by Crippen LogP contribution is 2.40. The molecule has 1 atom stereocenters. The first kappa shape index (κ1) is 35.9. The number of aliphatic hydroxyl groups excluding tert-OH is 1. The maximum Gasteiger partial charge on any atom is 0.417 e. The highest BCUT2D eigenvalue weighted by Gasteiger charge is 2.38. The fourth-order valence-corrected chi connectivity index (χ4v) is 8.51. The van der Waals surface area contributed by atoms with E-state index >= 15 is 0 Å². The average molecular weight is 731 g/mol. The number of aromatic nitrogens is 4. The summed E-state index contributed by atoms with van der Waals surface area (Å²) in [5.74, 6) is -1.82. The number of nitrogens with zero attached hydrogens (tertiary/aromatic N) is 8. The van der Waals surface area contributed by atoms with Gasteiger partial charge in [0.1, 0.15) is 5.82 Å². The number of rotatable bonds is 11. The molecule has 0 aliphatic carbocycles. The van der Waals surface area contributed by atoms with Gasteiger partial charge < -0.3 is 10.0 Å². The van der Waals surface area contributed by atoms with Crippen LogP contribution in [-0.2, 0) is 35.7 Å². The van der Waals surface area contributed by atoms with E-state index in [2.05, 4.69) is 19.8 Å². The van der Waals surface area contributed by atoms with Crippen LogP contribution in [0.4, 0.5) is 27.8 Å². The summed E-state index contributed by atoms with van der Waals surface area (Å²) >= 11 is 0.944. The normalized spacial score (nSPS) is 20.1. The fraction of sp³-hybridized carbons (Fsp3) is 0.581. The number of thioether (sulfide) groups is 1. The highest BCUT2D eigenvalue weighted by atomic mass is 32.2. The van der Waals surface area contributed by atoms with E-state index in [1.54, 1.807) is 28.2 Å². The molecule has 3 aliphatic heterocycles. The molecule has 11 nitrogen and oxygen atoms in total. The number of hydrogen-bond donors (Lipinski definition) is 1. The Bertz CT molecular complexity index is 1720. The van der Waals surface area contributed by atoms with Gasteiger partial charge in [0.15, 0.2) is 0 Å². The van der Waals surface area contributed by atoms with Crippen LogP contribution < -0.4 is 4.90 Å². The predicted molar refractivity (Wildman–Crippen MR) is 175 cm³/mol. The molecule has 49 heavy (non-hydrogen) atoms. The Labute approximate surface area is 286 Å². The topological polar surface area (TPSA) is 111 Å². The summed E-state index contributed by atoms with van der Waals surface area (Å²) in [5, 5.41) is 15.9. The molecule has 1 unspecified atom stereocenters. The number of likely N-dealkylation sites (tertiary alicyclic amines) is 1. The highest BCUT2D eigenvalue weighted by molar-refractivity contribution is 7.99. The summed E-state index contributed by atoms with van der Waals surface area (Å²) in [4.78, 5) is 14.2. The van der Waals surface area contributed by atoms with Crippen molar-refractivity contribution in [1.29, 1.82) is 0 Å². The van der Waals surface area contributed by atoms with Crippen molar-refractivity contribution in [3.63, 3.8) is 0 Å². The molecular formula is C31H39F5N8O3S2. The Hall–Kier alpha value is -2.90. The van der Waals surface area contributed by atoms with Crippen molar-refractivity contribution >= 4 is 27.6 Å². The largest absolute Gasteiger partial charge is 0.417 e. The minimum Gasteiger partial charge on any atom is -0.390 e. The van der Waals surface area contributed by atoms with Gasteiger partial charge >= 0.3 is 6.18 Å². The van der Waals surface area contributed by atoms with Crippen LogP contribution in [0.3, 0.4) is 0 Å². The quantitative estimate of drug-likeness (QED) is 0.233. The summed E-state index contributed by atoms with van der Waals surface area (Å²) in [6.07, 6.45) is 0.681. The summed E-state index contributed by atoms with van der Waals surface area (Å²) in [5.41, 5.74) is 1.20. The lowest BCUT2D eigenvalue weighted by molar-refractivity contribution is -0.139. The molecule has 2 aromatic heterocycles. The first-order chi connectivity index (χ1) is 23.2. The molecule has 6 rings (SSSR count). The van der Waals surface area contributed by atoms with Gasteiger partial charge in [0.25, 0.3) is 5.92 Å². The molecule has 268 valence electrons. The third-order valence-corrected chi connectivity index (χ3v) is 11.4. The zero-order valence-corrected chi connectivity index (χ0v) is 28.6. The van der Waals surface area contributed by atoms with Crippen molar-refractivity contribution in [3.05, 3.63) is 53.6 Å². The van der Waals surface area contributed by atoms with Crippen LogP contribution in [0.1, 0.15) is 23.2 Å². The molecule has 3 aliphatic rings. The number of piperazine rings is 1. The molecule has 0 amide bonds. The zero-order valence-electron chi connectivity index (χ0n) is 27.0. The molecule has 2 fully saturated rings. The van der Waals surface area contributed by atoms with Crippen molar-refractivity contribution in [3.8, 4) is 11.3 Å². The molecule has 0 bridgehead atoms. The number of halogens is 5. The molecule has 1 aromatic carbocycles. The van der Waals surface area contributed by atoms with Crippen molar-refractivity contribution in [2.45, 2.75) is 49.0 Å². The van der Waals surface area contributed by atoms with E-state index in [0.717, 1.165) is 35.6 Å². The number of sulfonamides is 1. The fourth-order valence-electron chi connectivity index (χ4n) is 6.61. The van der Waals surface area contributed by atoms with Crippen LogP contribution in [-0.4, -0.2) is 130 Å². The van der Waals surface area contributed by atoms with Crippen molar-refractivity contribution < 1.29 is 35.5 Å². The lowest BCUT2D eigenvalue weighted by atomic mass is 10.0. The molecule has 5 heterocycles. The Kier molecular flexibility index (Phi) is 10.5. The van der Waals surface area contributed by atoms with Crippen LogP contribution >= 0.6 is 11.8 Å². The Morgan fingerprint density at radius 2 is 1.82 bits per heavy atom. The molecule has 2 saturated heterocycles. The minimum atomic E-state index is -4.64. The monoisotopic (exact) mass is 730 g/mol. The van der Waals surface area contributed by atoms with Gasteiger partial charge in [0.2, 0.25) is 10.0 Å². The van der Waals surface area contributed by atoms with Crippen LogP contribution in [0.25, 0.3) is 11.3 Å². The van der Waals surface area contributed by atoms with Crippen LogP contribution in [0.2, 0.25) is 0 Å². The second-order valence-electron chi connectivity index (χ2n) is 12.7. The van der Waals surface area contributed by atoms with Crippen LogP contribution in [0, 0.1) is 0 Å². The van der Waals surface area contributed by atoms with Gasteiger partial charge in [-0.25, -0.2) is 22.2 Å². The average Bonchev–Trinajstić information content (AvgIpc) is 3.59. The summed E-state index contributed by atoms with van der Waals surface area (Å²) in [6, 6.07) is 3.71. The Balaban J connectivity index is 1.21. The molecular weight excluding hydrogens is 692 g/mol. The van der Waals surface area contributed by atoms with E-state index in [0.29, 0.717) is 56.0 Å². The lowest BCUT2D eigenvalue weighted by Crippen LogP contribution is -2.49. The third-order valence-electron chi connectivity index (χ3n) is 9.14. The zero-order chi connectivity index (χ0) is 35.0. The van der Waals surface area contributed by atoms with E-state index in [9.17, 15) is 35.5 Å². The van der Waals surface area contributed by atoms with Crippen molar-refractivity contribution in [1.82, 2.24) is 33.9 Å².